The predicted octanol–water partition coefficient (Wildman–Crippen LogP) is 1.02. The highest BCUT2D eigenvalue weighted by Crippen LogP contribution is 2.20. The van der Waals surface area contributed by atoms with Gasteiger partial charge in [0.1, 0.15) is 0 Å². The Morgan fingerprint density at radius 3 is 2.67 bits per heavy atom. The zero-order valence-electron chi connectivity index (χ0n) is 11.6. The largest absolute Gasteiger partial charge is 0.329 e. The minimum absolute atomic E-state index is 0.381. The van der Waals surface area contributed by atoms with E-state index in [9.17, 15) is 8.42 Å². The van der Waals surface area contributed by atoms with Crippen LogP contribution in [0.25, 0.3) is 0 Å². The van der Waals surface area contributed by atoms with E-state index in [-0.39, 0.29) is 0 Å². The van der Waals surface area contributed by atoms with E-state index in [4.69, 9.17) is 5.73 Å². The standard InChI is InChI=1S/C12H27N3O2S/c1-3-4-8-14(10-7-13)18(16,17)15-9-5-6-12(2)11-15/h12H,3-11,13H2,1-2H3. The summed E-state index contributed by atoms with van der Waals surface area (Å²) >= 11 is 0. The first-order chi connectivity index (χ1) is 8.52. The molecule has 0 bridgehead atoms. The highest BCUT2D eigenvalue weighted by atomic mass is 32.2. The molecular formula is C12H27N3O2S. The summed E-state index contributed by atoms with van der Waals surface area (Å²) in [5, 5.41) is 0. The van der Waals surface area contributed by atoms with Crippen LogP contribution in [0.1, 0.15) is 39.5 Å². The maximum atomic E-state index is 12.5. The summed E-state index contributed by atoms with van der Waals surface area (Å²) in [6, 6.07) is 0. The lowest BCUT2D eigenvalue weighted by Gasteiger charge is -2.34. The van der Waals surface area contributed by atoms with Crippen LogP contribution in [0.2, 0.25) is 0 Å². The summed E-state index contributed by atoms with van der Waals surface area (Å²) < 4.78 is 28.2. The fourth-order valence-corrected chi connectivity index (χ4v) is 4.17. The second-order valence-electron chi connectivity index (χ2n) is 5.15. The molecule has 0 amide bonds. The van der Waals surface area contributed by atoms with E-state index in [1.54, 1.807) is 8.61 Å². The Morgan fingerprint density at radius 1 is 1.39 bits per heavy atom. The first-order valence-corrected chi connectivity index (χ1v) is 8.37. The van der Waals surface area contributed by atoms with Crippen molar-refractivity contribution in [3.8, 4) is 0 Å². The van der Waals surface area contributed by atoms with Crippen LogP contribution in [0.3, 0.4) is 0 Å². The molecule has 0 spiro atoms. The fourth-order valence-electron chi connectivity index (χ4n) is 2.34. The van der Waals surface area contributed by atoms with Gasteiger partial charge in [-0.15, -0.1) is 0 Å². The van der Waals surface area contributed by atoms with Crippen LogP contribution < -0.4 is 5.73 Å². The van der Waals surface area contributed by atoms with E-state index in [1.807, 2.05) is 0 Å². The lowest BCUT2D eigenvalue weighted by Crippen LogP contribution is -2.49. The lowest BCUT2D eigenvalue weighted by atomic mass is 10.0. The Labute approximate surface area is 112 Å². The summed E-state index contributed by atoms with van der Waals surface area (Å²) in [6.45, 7) is 6.87. The Kier molecular flexibility index (Phi) is 6.55. The first kappa shape index (κ1) is 15.9. The van der Waals surface area contributed by atoms with Gasteiger partial charge in [0.25, 0.3) is 10.2 Å². The number of piperidine rings is 1. The van der Waals surface area contributed by atoms with Gasteiger partial charge in [-0.1, -0.05) is 20.3 Å². The van der Waals surface area contributed by atoms with Crippen LogP contribution in [0.5, 0.6) is 0 Å². The number of nitrogens with zero attached hydrogens (tertiary/aromatic N) is 2. The van der Waals surface area contributed by atoms with Crippen molar-refractivity contribution in [3.05, 3.63) is 0 Å². The van der Waals surface area contributed by atoms with Crippen LogP contribution in [-0.4, -0.2) is 49.8 Å². The molecule has 1 atom stereocenters. The van der Waals surface area contributed by atoms with Gasteiger partial charge in [0.15, 0.2) is 0 Å². The molecule has 0 saturated carbocycles. The normalized spacial score (nSPS) is 22.6. The van der Waals surface area contributed by atoms with E-state index < -0.39 is 10.2 Å². The van der Waals surface area contributed by atoms with E-state index >= 15 is 0 Å². The number of hydrogen-bond acceptors (Lipinski definition) is 3. The molecule has 1 rings (SSSR count). The molecule has 1 aliphatic heterocycles. The number of nitrogens with two attached hydrogens (primary N) is 1. The molecule has 18 heavy (non-hydrogen) atoms. The summed E-state index contributed by atoms with van der Waals surface area (Å²) in [6.07, 6.45) is 3.97. The molecule has 5 nitrogen and oxygen atoms in total. The van der Waals surface area contributed by atoms with Gasteiger partial charge in [-0.2, -0.15) is 17.0 Å². The minimum atomic E-state index is -3.30. The first-order valence-electron chi connectivity index (χ1n) is 6.97. The van der Waals surface area contributed by atoms with Crippen molar-refractivity contribution < 1.29 is 8.42 Å². The van der Waals surface area contributed by atoms with Crippen molar-refractivity contribution >= 4 is 10.2 Å². The van der Waals surface area contributed by atoms with E-state index in [0.29, 0.717) is 38.6 Å². The Hall–Kier alpha value is -0.170. The van der Waals surface area contributed by atoms with Crippen LogP contribution in [0.15, 0.2) is 0 Å². The Morgan fingerprint density at radius 2 is 2.11 bits per heavy atom. The van der Waals surface area contributed by atoms with Crippen molar-refractivity contribution in [1.82, 2.24) is 8.61 Å². The van der Waals surface area contributed by atoms with E-state index in [1.165, 1.54) is 0 Å². The Balaban J connectivity index is 2.72. The summed E-state index contributed by atoms with van der Waals surface area (Å²) in [4.78, 5) is 0. The maximum Gasteiger partial charge on any atom is 0.282 e. The van der Waals surface area contributed by atoms with Crippen molar-refractivity contribution in [2.24, 2.45) is 11.7 Å². The smallest absolute Gasteiger partial charge is 0.282 e. The SMILES string of the molecule is CCCCN(CCN)S(=O)(=O)N1CCCC(C)C1. The van der Waals surface area contributed by atoms with Crippen molar-refractivity contribution in [2.45, 2.75) is 39.5 Å². The van der Waals surface area contributed by atoms with E-state index in [2.05, 4.69) is 13.8 Å². The third-order valence-corrected chi connectivity index (χ3v) is 5.41. The fraction of sp³-hybridized carbons (Fsp3) is 1.00. The predicted molar refractivity (Wildman–Crippen MR) is 74.4 cm³/mol. The van der Waals surface area contributed by atoms with Crippen molar-refractivity contribution in [3.63, 3.8) is 0 Å². The lowest BCUT2D eigenvalue weighted by molar-refractivity contribution is 0.257. The van der Waals surface area contributed by atoms with Gasteiger partial charge in [0, 0.05) is 32.7 Å². The zero-order valence-corrected chi connectivity index (χ0v) is 12.5. The topological polar surface area (TPSA) is 66.6 Å². The van der Waals surface area contributed by atoms with Gasteiger partial charge in [-0.25, -0.2) is 0 Å². The highest BCUT2D eigenvalue weighted by Gasteiger charge is 2.31. The molecule has 0 aromatic heterocycles. The molecule has 0 aromatic carbocycles. The van der Waals surface area contributed by atoms with Crippen LogP contribution >= 0.6 is 0 Å². The molecule has 0 aromatic rings. The van der Waals surface area contributed by atoms with Gasteiger partial charge >= 0.3 is 0 Å². The van der Waals surface area contributed by atoms with Gasteiger partial charge < -0.3 is 5.73 Å². The number of unbranched alkanes of at least 4 members (excludes halogenated alkanes) is 1. The minimum Gasteiger partial charge on any atom is -0.329 e. The third-order valence-electron chi connectivity index (χ3n) is 3.41. The summed E-state index contributed by atoms with van der Waals surface area (Å²) in [7, 11) is -3.30. The molecule has 0 aliphatic carbocycles. The van der Waals surface area contributed by atoms with Gasteiger partial charge in [-0.3, -0.25) is 0 Å². The summed E-state index contributed by atoms with van der Waals surface area (Å²) in [5.41, 5.74) is 5.53. The van der Waals surface area contributed by atoms with Crippen LogP contribution in [-0.2, 0) is 10.2 Å². The second-order valence-corrected chi connectivity index (χ2v) is 7.08. The van der Waals surface area contributed by atoms with Crippen LogP contribution in [0.4, 0.5) is 0 Å². The third kappa shape index (κ3) is 4.19. The molecule has 1 heterocycles. The Bertz CT molecular complexity index is 332. The van der Waals surface area contributed by atoms with Gasteiger partial charge in [0.05, 0.1) is 0 Å². The average molecular weight is 277 g/mol. The molecule has 1 aliphatic rings. The molecule has 1 saturated heterocycles. The van der Waals surface area contributed by atoms with Crippen molar-refractivity contribution in [1.29, 1.82) is 0 Å². The molecule has 1 unspecified atom stereocenters. The second kappa shape index (κ2) is 7.43. The molecule has 6 heteroatoms. The monoisotopic (exact) mass is 277 g/mol. The average Bonchev–Trinajstić information content (AvgIpc) is 2.34. The van der Waals surface area contributed by atoms with Crippen LogP contribution in [0, 0.1) is 5.92 Å². The molecule has 1 fully saturated rings. The number of hydrogen-bond donors (Lipinski definition) is 1. The van der Waals surface area contributed by atoms with Gasteiger partial charge in [-0.05, 0) is 25.2 Å². The molecular weight excluding hydrogens is 250 g/mol. The van der Waals surface area contributed by atoms with Crippen molar-refractivity contribution in [2.75, 3.05) is 32.7 Å². The maximum absolute atomic E-state index is 12.5. The molecule has 0 radical (unpaired) electrons. The highest BCUT2D eigenvalue weighted by molar-refractivity contribution is 7.86. The molecule has 108 valence electrons. The summed E-state index contributed by atoms with van der Waals surface area (Å²) in [5.74, 6) is 0.458. The van der Waals surface area contributed by atoms with E-state index in [0.717, 1.165) is 25.7 Å². The number of rotatable bonds is 7. The van der Waals surface area contributed by atoms with Gasteiger partial charge in [0.2, 0.25) is 0 Å². The zero-order chi connectivity index (χ0) is 13.6. The molecule has 2 N–H and O–H groups in total. The quantitative estimate of drug-likeness (QED) is 0.755.